The molecule has 0 atom stereocenters. The Morgan fingerprint density at radius 1 is 1.53 bits per heavy atom. The van der Waals surface area contributed by atoms with Gasteiger partial charge < -0.3 is 9.73 Å². The molecule has 0 spiro atoms. The zero-order chi connectivity index (χ0) is 13.1. The van der Waals surface area contributed by atoms with E-state index in [0.717, 1.165) is 6.07 Å². The first kappa shape index (κ1) is 14.2. The van der Waals surface area contributed by atoms with Crippen LogP contribution in [0.3, 0.4) is 0 Å². The molecule has 0 aliphatic carbocycles. The maximum atomic E-state index is 11.7. The van der Waals surface area contributed by atoms with Crippen molar-refractivity contribution in [3.63, 3.8) is 0 Å². The van der Waals surface area contributed by atoms with Gasteiger partial charge >= 0.3 is 5.88 Å². The maximum Gasteiger partial charge on any atom is 0.433 e. The van der Waals surface area contributed by atoms with Gasteiger partial charge in [-0.1, -0.05) is 31.9 Å². The van der Waals surface area contributed by atoms with Crippen LogP contribution in [0.15, 0.2) is 16.5 Å². The molecule has 1 heterocycles. The minimum absolute atomic E-state index is 0.0789. The van der Waals surface area contributed by atoms with E-state index in [2.05, 4.69) is 37.2 Å². The van der Waals surface area contributed by atoms with E-state index in [0.29, 0.717) is 10.7 Å². The van der Waals surface area contributed by atoms with Crippen molar-refractivity contribution in [2.45, 2.75) is 12.5 Å². The van der Waals surface area contributed by atoms with Gasteiger partial charge in [-0.25, -0.2) is 0 Å². The minimum Gasteiger partial charge on any atom is -0.395 e. The molecule has 0 fully saturated rings. The molecule has 8 heteroatoms. The zero-order valence-corrected chi connectivity index (χ0v) is 12.1. The summed E-state index contributed by atoms with van der Waals surface area (Å²) < 4.78 is 4.80. The molecule has 17 heavy (non-hydrogen) atoms. The van der Waals surface area contributed by atoms with Crippen LogP contribution in [0.5, 0.6) is 0 Å². The Bertz CT molecular complexity index is 428. The van der Waals surface area contributed by atoms with Gasteiger partial charge in [-0.3, -0.25) is 14.9 Å². The van der Waals surface area contributed by atoms with Crippen LogP contribution in [-0.2, 0) is 0 Å². The lowest BCUT2D eigenvalue weighted by molar-refractivity contribution is -0.402. The lowest BCUT2D eigenvalue weighted by Crippen LogP contribution is -2.48. The molecule has 1 aromatic rings. The average Bonchev–Trinajstić information content (AvgIpc) is 2.78. The topological polar surface area (TPSA) is 85.4 Å². The second-order valence-electron chi connectivity index (χ2n) is 3.68. The number of nitrogens with one attached hydrogen (secondary N) is 1. The Morgan fingerprint density at radius 2 is 2.12 bits per heavy atom. The Balaban J connectivity index is 2.79. The van der Waals surface area contributed by atoms with E-state index in [1.165, 1.54) is 6.07 Å². The fourth-order valence-electron chi connectivity index (χ4n) is 0.986. The van der Waals surface area contributed by atoms with E-state index in [9.17, 15) is 14.9 Å². The molecule has 0 aliphatic heterocycles. The van der Waals surface area contributed by atoms with Crippen molar-refractivity contribution in [1.82, 2.24) is 5.32 Å². The second kappa shape index (κ2) is 5.63. The third-order valence-corrected chi connectivity index (χ3v) is 4.48. The van der Waals surface area contributed by atoms with Crippen LogP contribution in [0, 0.1) is 10.1 Å². The summed E-state index contributed by atoms with van der Waals surface area (Å²) in [5, 5.41) is 14.2. The highest BCUT2D eigenvalue weighted by atomic mass is 79.9. The standard InChI is InChI=1S/C9H10Br2N2O4/c1-9(4-10,5-11)12-8(14)6-2-3-7(17-6)13(15)16/h2-3H,4-5H2,1H3,(H,12,14). The second-order valence-corrected chi connectivity index (χ2v) is 4.80. The quantitative estimate of drug-likeness (QED) is 0.490. The largest absolute Gasteiger partial charge is 0.433 e. The number of carbonyl (C=O) groups is 1. The predicted molar refractivity (Wildman–Crippen MR) is 68.8 cm³/mol. The molecule has 0 aromatic carbocycles. The summed E-state index contributed by atoms with van der Waals surface area (Å²) in [5.74, 6) is -1.01. The number of nitrogens with zero attached hydrogens (tertiary/aromatic N) is 1. The SMILES string of the molecule is CC(CBr)(CBr)NC(=O)c1ccc([N+](=O)[O-])o1. The minimum atomic E-state index is -0.690. The summed E-state index contributed by atoms with van der Waals surface area (Å²) in [6.07, 6.45) is 0. The predicted octanol–water partition coefficient (Wildman–Crippen LogP) is 2.47. The van der Waals surface area contributed by atoms with Crippen LogP contribution < -0.4 is 5.32 Å². The van der Waals surface area contributed by atoms with Gasteiger partial charge in [0.25, 0.3) is 5.91 Å². The number of nitro groups is 1. The first-order chi connectivity index (χ1) is 7.91. The fourth-order valence-corrected chi connectivity index (χ4v) is 2.19. The van der Waals surface area contributed by atoms with Crippen molar-refractivity contribution >= 4 is 43.7 Å². The van der Waals surface area contributed by atoms with Crippen molar-refractivity contribution in [3.8, 4) is 0 Å². The van der Waals surface area contributed by atoms with Gasteiger partial charge in [0.05, 0.1) is 11.6 Å². The van der Waals surface area contributed by atoms with Crippen molar-refractivity contribution in [2.24, 2.45) is 0 Å². The van der Waals surface area contributed by atoms with Crippen molar-refractivity contribution < 1.29 is 14.1 Å². The monoisotopic (exact) mass is 368 g/mol. The van der Waals surface area contributed by atoms with Crippen LogP contribution in [0.1, 0.15) is 17.5 Å². The van der Waals surface area contributed by atoms with Crippen LogP contribution in [0.4, 0.5) is 5.88 Å². The number of halogens is 2. The van der Waals surface area contributed by atoms with Crippen molar-refractivity contribution in [3.05, 3.63) is 28.0 Å². The number of hydrogen-bond donors (Lipinski definition) is 1. The molecule has 1 N–H and O–H groups in total. The van der Waals surface area contributed by atoms with Crippen LogP contribution in [0.2, 0.25) is 0 Å². The summed E-state index contributed by atoms with van der Waals surface area (Å²) in [5.41, 5.74) is -0.487. The fraction of sp³-hybridized carbons (Fsp3) is 0.444. The van der Waals surface area contributed by atoms with Crippen LogP contribution in [-0.4, -0.2) is 27.0 Å². The zero-order valence-electron chi connectivity index (χ0n) is 8.91. The third-order valence-electron chi connectivity index (χ3n) is 2.00. The van der Waals surface area contributed by atoms with E-state index in [-0.39, 0.29) is 5.76 Å². The Morgan fingerprint density at radius 3 is 2.53 bits per heavy atom. The summed E-state index contributed by atoms with van der Waals surface area (Å²) >= 11 is 6.56. The number of furan rings is 1. The van der Waals surface area contributed by atoms with E-state index < -0.39 is 22.3 Å². The van der Waals surface area contributed by atoms with Gasteiger partial charge in [0.1, 0.15) is 4.92 Å². The lowest BCUT2D eigenvalue weighted by atomic mass is 10.1. The Labute approximate surface area is 114 Å². The highest BCUT2D eigenvalue weighted by Gasteiger charge is 2.26. The summed E-state index contributed by atoms with van der Waals surface area (Å²) in [7, 11) is 0. The maximum absolute atomic E-state index is 11.7. The van der Waals surface area contributed by atoms with E-state index >= 15 is 0 Å². The Hall–Kier alpha value is -0.890. The van der Waals surface area contributed by atoms with Crippen LogP contribution in [0.25, 0.3) is 0 Å². The number of hydrogen-bond acceptors (Lipinski definition) is 4. The van der Waals surface area contributed by atoms with Gasteiger partial charge in [0, 0.05) is 10.7 Å². The molecule has 0 unspecified atom stereocenters. The molecular weight excluding hydrogens is 360 g/mol. The highest BCUT2D eigenvalue weighted by molar-refractivity contribution is 9.09. The molecule has 0 saturated carbocycles. The number of amides is 1. The third kappa shape index (κ3) is 3.53. The first-order valence-electron chi connectivity index (χ1n) is 4.60. The van der Waals surface area contributed by atoms with Crippen LogP contribution >= 0.6 is 31.9 Å². The summed E-state index contributed by atoms with van der Waals surface area (Å²) in [6.45, 7) is 1.83. The van der Waals surface area contributed by atoms with Gasteiger partial charge in [-0.2, -0.15) is 0 Å². The van der Waals surface area contributed by atoms with Gasteiger partial charge in [0.2, 0.25) is 0 Å². The van der Waals surface area contributed by atoms with Gasteiger partial charge in [-0.15, -0.1) is 0 Å². The van der Waals surface area contributed by atoms with E-state index in [1.807, 2.05) is 6.92 Å². The van der Waals surface area contributed by atoms with Crippen molar-refractivity contribution in [2.75, 3.05) is 10.7 Å². The molecule has 94 valence electrons. The molecule has 1 rings (SSSR count). The normalized spacial score (nSPS) is 11.2. The summed E-state index contributed by atoms with van der Waals surface area (Å²) in [6, 6.07) is 2.42. The molecule has 0 saturated heterocycles. The van der Waals surface area contributed by atoms with E-state index in [4.69, 9.17) is 4.42 Å². The lowest BCUT2D eigenvalue weighted by Gasteiger charge is -2.25. The van der Waals surface area contributed by atoms with E-state index in [1.54, 1.807) is 0 Å². The molecule has 6 nitrogen and oxygen atoms in total. The number of alkyl halides is 2. The molecule has 1 aromatic heterocycles. The molecule has 0 bridgehead atoms. The smallest absolute Gasteiger partial charge is 0.395 e. The molecule has 0 radical (unpaired) electrons. The highest BCUT2D eigenvalue weighted by Crippen LogP contribution is 2.17. The molecular formula is C9H10Br2N2O4. The molecule has 1 amide bonds. The first-order valence-corrected chi connectivity index (χ1v) is 6.85. The van der Waals surface area contributed by atoms with Crippen molar-refractivity contribution in [1.29, 1.82) is 0 Å². The molecule has 0 aliphatic rings. The summed E-state index contributed by atoms with van der Waals surface area (Å²) in [4.78, 5) is 21.5. The Kier molecular flexibility index (Phi) is 4.70. The van der Waals surface area contributed by atoms with Gasteiger partial charge in [0.15, 0.2) is 5.76 Å². The number of rotatable bonds is 5. The average molecular weight is 370 g/mol. The number of carbonyl (C=O) groups excluding carboxylic acids is 1. The van der Waals surface area contributed by atoms with Gasteiger partial charge in [-0.05, 0) is 13.0 Å².